The number of anilines is 2. The molecule has 1 heterocycles. The molecule has 0 aliphatic heterocycles. The van der Waals surface area contributed by atoms with E-state index in [0.29, 0.717) is 22.7 Å². The lowest BCUT2D eigenvalue weighted by molar-refractivity contribution is 0.262. The minimum atomic E-state index is -1.10. The van der Waals surface area contributed by atoms with Gasteiger partial charge in [-0.15, -0.1) is 0 Å². The zero-order valence-corrected chi connectivity index (χ0v) is 16.5. The maximum atomic E-state index is 14.5. The van der Waals surface area contributed by atoms with Crippen molar-refractivity contribution >= 4 is 28.4 Å². The van der Waals surface area contributed by atoms with Crippen LogP contribution in [0.4, 0.5) is 29.3 Å². The van der Waals surface area contributed by atoms with Gasteiger partial charge in [-0.25, -0.2) is 27.9 Å². The highest BCUT2D eigenvalue weighted by atomic mass is 19.2. The average Bonchev–Trinajstić information content (AvgIpc) is 2.77. The van der Waals surface area contributed by atoms with Gasteiger partial charge in [0.1, 0.15) is 5.75 Å². The van der Waals surface area contributed by atoms with Gasteiger partial charge < -0.3 is 20.1 Å². The number of nitrogens with zero attached hydrogens (tertiary/aromatic N) is 2. The molecule has 0 aliphatic carbocycles. The van der Waals surface area contributed by atoms with Crippen LogP contribution in [-0.2, 0) is 0 Å². The van der Waals surface area contributed by atoms with Crippen LogP contribution >= 0.6 is 0 Å². The van der Waals surface area contributed by atoms with Gasteiger partial charge in [0, 0.05) is 29.6 Å². The van der Waals surface area contributed by atoms with Crippen molar-refractivity contribution in [2.45, 2.75) is 0 Å². The molecule has 32 heavy (non-hydrogen) atoms. The molecule has 0 aliphatic rings. The van der Waals surface area contributed by atoms with Crippen molar-refractivity contribution in [1.29, 1.82) is 0 Å². The van der Waals surface area contributed by atoms with Crippen LogP contribution in [0.15, 0.2) is 60.8 Å². The van der Waals surface area contributed by atoms with Crippen molar-refractivity contribution in [3.63, 3.8) is 0 Å². The van der Waals surface area contributed by atoms with Gasteiger partial charge >= 0.3 is 6.03 Å². The van der Waals surface area contributed by atoms with Crippen LogP contribution < -0.4 is 20.1 Å². The number of urea groups is 1. The Kier molecular flexibility index (Phi) is 5.75. The Bertz CT molecular complexity index is 1320. The second-order valence-electron chi connectivity index (χ2n) is 6.52. The van der Waals surface area contributed by atoms with Crippen LogP contribution in [0.1, 0.15) is 0 Å². The topological polar surface area (TPSA) is 85.4 Å². The Labute approximate surface area is 179 Å². The summed E-state index contributed by atoms with van der Waals surface area (Å²) >= 11 is 0. The lowest BCUT2D eigenvalue weighted by Gasteiger charge is -2.11. The fourth-order valence-electron chi connectivity index (χ4n) is 2.79. The van der Waals surface area contributed by atoms with E-state index in [1.54, 1.807) is 18.2 Å². The third-order valence-electron chi connectivity index (χ3n) is 4.30. The molecule has 162 valence electrons. The predicted octanol–water partition coefficient (Wildman–Crippen LogP) is 5.49. The molecule has 3 aromatic carbocycles. The van der Waals surface area contributed by atoms with Gasteiger partial charge in [0.05, 0.1) is 24.3 Å². The molecule has 0 saturated carbocycles. The quantitative estimate of drug-likeness (QED) is 0.429. The Morgan fingerprint density at radius 2 is 1.56 bits per heavy atom. The minimum absolute atomic E-state index is 0.0397. The summed E-state index contributed by atoms with van der Waals surface area (Å²) in [5.41, 5.74) is 1.29. The highest BCUT2D eigenvalue weighted by molar-refractivity contribution is 5.99. The number of amides is 2. The first-order chi connectivity index (χ1) is 15.4. The van der Waals surface area contributed by atoms with E-state index in [2.05, 4.69) is 20.6 Å². The Morgan fingerprint density at radius 3 is 2.25 bits per heavy atom. The van der Waals surface area contributed by atoms with Crippen LogP contribution in [-0.4, -0.2) is 23.1 Å². The van der Waals surface area contributed by atoms with E-state index < -0.39 is 23.5 Å². The smallest absolute Gasteiger partial charge is 0.323 e. The standard InChI is InChI=1S/C22H15F3N4O3/c1-31-21-11-26-18-6-4-14(10-19(18)29-21)32-20-7-3-13(9-17(20)25)28-22(30)27-12-2-5-15(23)16(24)8-12/h2-11H,1H3,(H2,27,28,30). The fourth-order valence-corrected chi connectivity index (χ4v) is 2.79. The van der Waals surface area contributed by atoms with Crippen molar-refractivity contribution in [2.24, 2.45) is 0 Å². The van der Waals surface area contributed by atoms with Crippen molar-refractivity contribution in [1.82, 2.24) is 9.97 Å². The van der Waals surface area contributed by atoms with Gasteiger partial charge in [-0.05, 0) is 36.4 Å². The van der Waals surface area contributed by atoms with Gasteiger partial charge in [0.15, 0.2) is 23.2 Å². The van der Waals surface area contributed by atoms with Crippen molar-refractivity contribution in [3.05, 3.63) is 78.2 Å². The second-order valence-corrected chi connectivity index (χ2v) is 6.52. The first kappa shape index (κ1) is 20.9. The molecule has 7 nitrogen and oxygen atoms in total. The minimum Gasteiger partial charge on any atom is -0.480 e. The molecule has 0 saturated heterocycles. The van der Waals surface area contributed by atoms with Crippen LogP contribution in [0.5, 0.6) is 17.4 Å². The number of halogens is 3. The van der Waals surface area contributed by atoms with Gasteiger partial charge in [-0.3, -0.25) is 0 Å². The number of benzene rings is 3. The molecular formula is C22H15F3N4O3. The van der Waals surface area contributed by atoms with Crippen LogP contribution in [0, 0.1) is 17.5 Å². The van der Waals surface area contributed by atoms with Gasteiger partial charge in [0.25, 0.3) is 0 Å². The number of ether oxygens (including phenoxy) is 2. The summed E-state index contributed by atoms with van der Waals surface area (Å²) in [5, 5.41) is 4.72. The van der Waals surface area contributed by atoms with Crippen LogP contribution in [0.2, 0.25) is 0 Å². The molecule has 2 amide bonds. The largest absolute Gasteiger partial charge is 0.480 e. The van der Waals surface area contributed by atoms with E-state index in [9.17, 15) is 18.0 Å². The third kappa shape index (κ3) is 4.69. The molecular weight excluding hydrogens is 425 g/mol. The fraction of sp³-hybridized carbons (Fsp3) is 0.0455. The van der Waals surface area contributed by atoms with E-state index in [-0.39, 0.29) is 17.1 Å². The summed E-state index contributed by atoms with van der Waals surface area (Å²) in [6.07, 6.45) is 1.48. The first-order valence-corrected chi connectivity index (χ1v) is 9.22. The molecule has 1 aromatic heterocycles. The Hall–Kier alpha value is -4.34. The van der Waals surface area contributed by atoms with Crippen LogP contribution in [0.25, 0.3) is 11.0 Å². The summed E-state index contributed by atoms with van der Waals surface area (Å²) in [6.45, 7) is 0. The first-order valence-electron chi connectivity index (χ1n) is 9.22. The molecule has 2 N–H and O–H groups in total. The summed E-state index contributed by atoms with van der Waals surface area (Å²) in [5.74, 6) is -2.28. The number of carbonyl (C=O) groups excluding carboxylic acids is 1. The predicted molar refractivity (Wildman–Crippen MR) is 112 cm³/mol. The number of nitrogens with one attached hydrogen (secondary N) is 2. The van der Waals surface area contributed by atoms with Gasteiger partial charge in [-0.1, -0.05) is 0 Å². The molecule has 0 unspecified atom stereocenters. The number of methoxy groups -OCH3 is 1. The van der Waals surface area contributed by atoms with E-state index in [0.717, 1.165) is 18.2 Å². The number of fused-ring (bicyclic) bond motifs is 1. The number of hydrogen-bond acceptors (Lipinski definition) is 5. The Morgan fingerprint density at radius 1 is 0.844 bits per heavy atom. The highest BCUT2D eigenvalue weighted by Gasteiger charge is 2.11. The van der Waals surface area contributed by atoms with E-state index in [4.69, 9.17) is 9.47 Å². The normalized spacial score (nSPS) is 10.6. The summed E-state index contributed by atoms with van der Waals surface area (Å²) in [7, 11) is 1.47. The molecule has 4 aromatic rings. The molecule has 0 atom stereocenters. The Balaban J connectivity index is 1.45. The summed E-state index contributed by atoms with van der Waals surface area (Å²) in [4.78, 5) is 20.5. The maximum Gasteiger partial charge on any atom is 0.323 e. The number of aromatic nitrogens is 2. The highest BCUT2D eigenvalue weighted by Crippen LogP contribution is 2.29. The van der Waals surface area contributed by atoms with Gasteiger partial charge in [0.2, 0.25) is 5.88 Å². The van der Waals surface area contributed by atoms with Gasteiger partial charge in [-0.2, -0.15) is 0 Å². The SMILES string of the molecule is COc1cnc2ccc(Oc3ccc(NC(=O)Nc4ccc(F)c(F)c4)cc3F)cc2n1. The maximum absolute atomic E-state index is 14.5. The molecule has 0 radical (unpaired) electrons. The number of hydrogen-bond donors (Lipinski definition) is 2. The number of rotatable bonds is 5. The molecule has 10 heteroatoms. The lowest BCUT2D eigenvalue weighted by Crippen LogP contribution is -2.19. The van der Waals surface area contributed by atoms with Crippen molar-refractivity contribution < 1.29 is 27.4 Å². The average molecular weight is 440 g/mol. The summed E-state index contributed by atoms with van der Waals surface area (Å²) < 4.78 is 51.3. The van der Waals surface area contributed by atoms with Crippen LogP contribution in [0.3, 0.4) is 0 Å². The monoisotopic (exact) mass is 440 g/mol. The van der Waals surface area contributed by atoms with E-state index in [1.165, 1.54) is 31.5 Å². The molecule has 0 fully saturated rings. The lowest BCUT2D eigenvalue weighted by atomic mass is 10.2. The van der Waals surface area contributed by atoms with Crippen molar-refractivity contribution in [3.8, 4) is 17.4 Å². The number of carbonyl (C=O) groups is 1. The zero-order chi connectivity index (χ0) is 22.7. The summed E-state index contributed by atoms with van der Waals surface area (Å²) in [6, 6.07) is 10.8. The van der Waals surface area contributed by atoms with E-state index >= 15 is 0 Å². The third-order valence-corrected chi connectivity index (χ3v) is 4.30. The van der Waals surface area contributed by atoms with Crippen molar-refractivity contribution in [2.75, 3.05) is 17.7 Å². The zero-order valence-electron chi connectivity index (χ0n) is 16.5. The second kappa shape index (κ2) is 8.80. The van der Waals surface area contributed by atoms with E-state index in [1.807, 2.05) is 0 Å². The molecule has 4 rings (SSSR count). The molecule has 0 bridgehead atoms. The molecule has 0 spiro atoms.